The van der Waals surface area contributed by atoms with E-state index in [4.69, 9.17) is 17.0 Å². The van der Waals surface area contributed by atoms with Gasteiger partial charge in [-0.15, -0.1) is 0 Å². The lowest BCUT2D eigenvalue weighted by molar-refractivity contribution is 0.340. The van der Waals surface area contributed by atoms with Gasteiger partial charge in [0.15, 0.2) is 5.11 Å². The summed E-state index contributed by atoms with van der Waals surface area (Å²) in [6.07, 6.45) is 1.83. The van der Waals surface area contributed by atoms with Crippen molar-refractivity contribution >= 4 is 23.0 Å². The number of H-pyrrole nitrogens is 1. The molecule has 2 atom stereocenters. The molecule has 0 aliphatic carbocycles. The van der Waals surface area contributed by atoms with Crippen LogP contribution in [0.1, 0.15) is 41.7 Å². The highest BCUT2D eigenvalue weighted by atomic mass is 32.1. The molecule has 3 heterocycles. The van der Waals surface area contributed by atoms with E-state index in [1.807, 2.05) is 43.5 Å². The summed E-state index contributed by atoms with van der Waals surface area (Å²) in [5.41, 5.74) is 5.50. The molecular formula is C22H24N4OS. The van der Waals surface area contributed by atoms with E-state index in [1.54, 1.807) is 0 Å². The van der Waals surface area contributed by atoms with Gasteiger partial charge < -0.3 is 19.9 Å². The Kier molecular flexibility index (Phi) is 5.05. The highest BCUT2D eigenvalue weighted by Gasteiger charge is 2.41. The molecule has 0 radical (unpaired) electrons. The first-order valence-electron chi connectivity index (χ1n) is 9.48. The predicted molar refractivity (Wildman–Crippen MR) is 116 cm³/mol. The van der Waals surface area contributed by atoms with Gasteiger partial charge in [-0.05, 0) is 81.0 Å². The number of thiocarbonyl (C=S) groups is 1. The Morgan fingerprint density at radius 3 is 2.54 bits per heavy atom. The third-order valence-electron chi connectivity index (χ3n) is 5.03. The first kappa shape index (κ1) is 18.5. The Bertz CT molecular complexity index is 968. The van der Waals surface area contributed by atoms with Gasteiger partial charge in [-0.3, -0.25) is 4.98 Å². The van der Waals surface area contributed by atoms with Crippen molar-refractivity contribution in [1.29, 1.82) is 0 Å². The van der Waals surface area contributed by atoms with E-state index in [1.165, 1.54) is 5.56 Å². The number of nitrogens with one attached hydrogen (secondary N) is 2. The summed E-state index contributed by atoms with van der Waals surface area (Å²) in [5, 5.41) is 4.19. The van der Waals surface area contributed by atoms with Crippen LogP contribution in [-0.4, -0.2) is 21.7 Å². The Hall–Kier alpha value is -2.86. The number of aromatic amines is 1. The zero-order chi connectivity index (χ0) is 19.7. The summed E-state index contributed by atoms with van der Waals surface area (Å²) in [4.78, 5) is 10.2. The average molecular weight is 393 g/mol. The van der Waals surface area contributed by atoms with Gasteiger partial charge in [0.1, 0.15) is 5.75 Å². The topological polar surface area (TPSA) is 53.2 Å². The standard InChI is InChI=1S/C22H24N4OS/c1-4-27-17-10-8-16(9-11-17)26-21(18-13-14(2)24-15(18)3)20(25-22(26)28)19-7-5-6-12-23-19/h5-13,20-21,24H,4H2,1-3H3,(H,25,28)/t20-,21-/m1/s1. The Morgan fingerprint density at radius 2 is 1.93 bits per heavy atom. The lowest BCUT2D eigenvalue weighted by Gasteiger charge is -2.28. The van der Waals surface area contributed by atoms with Gasteiger partial charge in [-0.25, -0.2) is 0 Å². The largest absolute Gasteiger partial charge is 0.494 e. The van der Waals surface area contributed by atoms with Crippen molar-refractivity contribution in [3.63, 3.8) is 0 Å². The number of anilines is 1. The molecule has 1 fully saturated rings. The van der Waals surface area contributed by atoms with E-state index < -0.39 is 0 Å². The molecule has 2 aromatic heterocycles. The van der Waals surface area contributed by atoms with Gasteiger partial charge in [0.05, 0.1) is 24.4 Å². The first-order chi connectivity index (χ1) is 13.6. The van der Waals surface area contributed by atoms with Crippen molar-refractivity contribution in [2.45, 2.75) is 32.9 Å². The number of hydrogen-bond acceptors (Lipinski definition) is 3. The normalized spacial score (nSPS) is 19.0. The van der Waals surface area contributed by atoms with Crippen LogP contribution in [0.15, 0.2) is 54.7 Å². The SMILES string of the molecule is CCOc1ccc(N2C(=S)N[C@H](c3ccccn3)[C@H]2c2cc(C)[nH]c2C)cc1. The highest BCUT2D eigenvalue weighted by Crippen LogP contribution is 2.42. The van der Waals surface area contributed by atoms with Crippen LogP contribution in [0.4, 0.5) is 5.69 Å². The van der Waals surface area contributed by atoms with Crippen molar-refractivity contribution in [2.24, 2.45) is 0 Å². The van der Waals surface area contributed by atoms with Crippen molar-refractivity contribution in [2.75, 3.05) is 11.5 Å². The van der Waals surface area contributed by atoms with Crippen LogP contribution < -0.4 is 15.0 Å². The van der Waals surface area contributed by atoms with Gasteiger partial charge in [0.2, 0.25) is 0 Å². The van der Waals surface area contributed by atoms with Crippen LogP contribution in [0.5, 0.6) is 5.75 Å². The number of nitrogens with zero attached hydrogens (tertiary/aromatic N) is 2. The second kappa shape index (κ2) is 7.64. The lowest BCUT2D eigenvalue weighted by atomic mass is 9.96. The quantitative estimate of drug-likeness (QED) is 0.622. The van der Waals surface area contributed by atoms with Crippen molar-refractivity contribution in [3.05, 3.63) is 77.4 Å². The predicted octanol–water partition coefficient (Wildman–Crippen LogP) is 4.60. The minimum Gasteiger partial charge on any atom is -0.494 e. The Labute approximate surface area is 170 Å². The van der Waals surface area contributed by atoms with Gasteiger partial charge in [-0.1, -0.05) is 6.07 Å². The average Bonchev–Trinajstić information content (AvgIpc) is 3.21. The number of aromatic nitrogens is 2. The smallest absolute Gasteiger partial charge is 0.174 e. The summed E-state index contributed by atoms with van der Waals surface area (Å²) in [7, 11) is 0. The summed E-state index contributed by atoms with van der Waals surface area (Å²) in [6, 6.07) is 16.3. The second-order valence-corrected chi connectivity index (χ2v) is 7.34. The molecule has 0 bridgehead atoms. The minimum atomic E-state index is -0.0332. The monoisotopic (exact) mass is 392 g/mol. The van der Waals surface area contributed by atoms with Gasteiger partial charge in [-0.2, -0.15) is 0 Å². The van der Waals surface area contributed by atoms with E-state index in [0.29, 0.717) is 11.7 Å². The summed E-state index contributed by atoms with van der Waals surface area (Å²) < 4.78 is 5.59. The molecule has 1 aliphatic rings. The molecule has 4 rings (SSSR count). The van der Waals surface area contributed by atoms with Crippen LogP contribution in [0.25, 0.3) is 0 Å². The molecule has 2 N–H and O–H groups in total. The van der Waals surface area contributed by atoms with E-state index in [-0.39, 0.29) is 12.1 Å². The fourth-order valence-electron chi connectivity index (χ4n) is 3.87. The summed E-state index contributed by atoms with van der Waals surface area (Å²) >= 11 is 5.76. The van der Waals surface area contributed by atoms with E-state index in [0.717, 1.165) is 28.5 Å². The fourth-order valence-corrected chi connectivity index (χ4v) is 4.22. The molecule has 5 nitrogen and oxygen atoms in total. The number of hydrogen-bond donors (Lipinski definition) is 2. The van der Waals surface area contributed by atoms with Crippen LogP contribution in [-0.2, 0) is 0 Å². The maximum atomic E-state index is 5.76. The zero-order valence-electron chi connectivity index (χ0n) is 16.3. The summed E-state index contributed by atoms with van der Waals surface area (Å²) in [5.74, 6) is 0.857. The van der Waals surface area contributed by atoms with Crippen LogP contribution in [0.3, 0.4) is 0 Å². The molecule has 1 aromatic carbocycles. The maximum Gasteiger partial charge on any atom is 0.174 e. The first-order valence-corrected chi connectivity index (χ1v) is 9.89. The van der Waals surface area contributed by atoms with Crippen LogP contribution >= 0.6 is 12.2 Å². The third-order valence-corrected chi connectivity index (χ3v) is 5.35. The molecule has 0 amide bonds. The molecule has 0 saturated carbocycles. The maximum absolute atomic E-state index is 5.76. The van der Waals surface area contributed by atoms with Gasteiger partial charge in [0.25, 0.3) is 0 Å². The van der Waals surface area contributed by atoms with Crippen molar-refractivity contribution < 1.29 is 4.74 Å². The molecule has 1 saturated heterocycles. The lowest BCUT2D eigenvalue weighted by Crippen LogP contribution is -2.29. The Morgan fingerprint density at radius 1 is 1.14 bits per heavy atom. The number of ether oxygens (including phenoxy) is 1. The second-order valence-electron chi connectivity index (χ2n) is 6.96. The van der Waals surface area contributed by atoms with E-state index in [2.05, 4.69) is 52.2 Å². The number of aryl methyl sites for hydroxylation is 2. The third kappa shape index (κ3) is 3.36. The molecule has 6 heteroatoms. The van der Waals surface area contributed by atoms with Gasteiger partial charge in [0, 0.05) is 23.3 Å². The van der Waals surface area contributed by atoms with E-state index in [9.17, 15) is 0 Å². The molecule has 3 aromatic rings. The molecule has 1 aliphatic heterocycles. The summed E-state index contributed by atoms with van der Waals surface area (Å²) in [6.45, 7) is 6.82. The van der Waals surface area contributed by atoms with E-state index >= 15 is 0 Å². The fraction of sp³-hybridized carbons (Fsp3) is 0.273. The zero-order valence-corrected chi connectivity index (χ0v) is 17.1. The Balaban J connectivity index is 1.79. The van der Waals surface area contributed by atoms with Crippen molar-refractivity contribution in [3.8, 4) is 5.75 Å². The molecule has 144 valence electrons. The van der Waals surface area contributed by atoms with Crippen molar-refractivity contribution in [1.82, 2.24) is 15.3 Å². The molecular weight excluding hydrogens is 368 g/mol. The van der Waals surface area contributed by atoms with Crippen LogP contribution in [0, 0.1) is 13.8 Å². The number of rotatable bonds is 5. The number of pyridine rings is 1. The van der Waals surface area contributed by atoms with Crippen LogP contribution in [0.2, 0.25) is 0 Å². The molecule has 28 heavy (non-hydrogen) atoms. The minimum absolute atomic E-state index is 0.00490. The molecule has 0 spiro atoms. The molecule has 0 unspecified atom stereocenters. The number of benzene rings is 1. The van der Waals surface area contributed by atoms with Gasteiger partial charge >= 0.3 is 0 Å². The highest BCUT2D eigenvalue weighted by molar-refractivity contribution is 7.80.